The fourth-order valence-corrected chi connectivity index (χ4v) is 2.48. The fraction of sp³-hybridized carbons (Fsp3) is 0.353. The average Bonchev–Trinajstić information content (AvgIpc) is 2.86. The molecule has 0 aliphatic rings. The molecular formula is C17H22N4O3. The molecule has 128 valence electrons. The van der Waals surface area contributed by atoms with Crippen LogP contribution in [0.4, 0.5) is 10.5 Å². The molecule has 0 radical (unpaired) electrons. The van der Waals surface area contributed by atoms with Crippen molar-refractivity contribution < 1.29 is 14.3 Å². The molecule has 24 heavy (non-hydrogen) atoms. The predicted molar refractivity (Wildman–Crippen MR) is 91.0 cm³/mol. The van der Waals surface area contributed by atoms with E-state index in [4.69, 9.17) is 0 Å². The Hall–Kier alpha value is -2.83. The maximum Gasteiger partial charge on any atom is 0.337 e. The number of methoxy groups -OCH3 is 1. The second-order valence-corrected chi connectivity index (χ2v) is 5.35. The summed E-state index contributed by atoms with van der Waals surface area (Å²) in [5.74, 6) is -0.447. The van der Waals surface area contributed by atoms with Crippen molar-refractivity contribution in [3.8, 4) is 0 Å². The number of aromatic nitrogens is 2. The van der Waals surface area contributed by atoms with Gasteiger partial charge in [0.15, 0.2) is 0 Å². The van der Waals surface area contributed by atoms with Gasteiger partial charge in [-0.05, 0) is 39.0 Å². The third-order valence-corrected chi connectivity index (χ3v) is 3.80. The number of amides is 2. The quantitative estimate of drug-likeness (QED) is 0.825. The van der Waals surface area contributed by atoms with Crippen molar-refractivity contribution in [3.05, 3.63) is 46.8 Å². The number of carbonyl (C=O) groups excluding carboxylic acids is 2. The monoisotopic (exact) mass is 330 g/mol. The molecule has 0 aliphatic heterocycles. The maximum absolute atomic E-state index is 12.1. The largest absolute Gasteiger partial charge is 0.465 e. The lowest BCUT2D eigenvalue weighted by Gasteiger charge is -2.09. The van der Waals surface area contributed by atoms with Gasteiger partial charge in [-0.25, -0.2) is 9.59 Å². The van der Waals surface area contributed by atoms with Crippen molar-refractivity contribution in [3.63, 3.8) is 0 Å². The van der Waals surface area contributed by atoms with Crippen LogP contribution < -0.4 is 10.6 Å². The van der Waals surface area contributed by atoms with Crippen molar-refractivity contribution in [2.24, 2.45) is 0 Å². The highest BCUT2D eigenvalue weighted by Gasteiger charge is 2.12. The summed E-state index contributed by atoms with van der Waals surface area (Å²) in [6.07, 6.45) is 0. The normalized spacial score (nSPS) is 10.3. The van der Waals surface area contributed by atoms with Gasteiger partial charge in [0.05, 0.1) is 18.4 Å². The molecule has 0 atom stereocenters. The van der Waals surface area contributed by atoms with Gasteiger partial charge >= 0.3 is 12.0 Å². The van der Waals surface area contributed by atoms with Crippen LogP contribution in [0.2, 0.25) is 0 Å². The smallest absolute Gasteiger partial charge is 0.337 e. The van der Waals surface area contributed by atoms with Crippen LogP contribution in [0.15, 0.2) is 24.3 Å². The van der Waals surface area contributed by atoms with Crippen molar-refractivity contribution in [1.82, 2.24) is 15.1 Å². The number of ether oxygens (including phenoxy) is 1. The number of esters is 1. The molecule has 7 heteroatoms. The van der Waals surface area contributed by atoms with E-state index in [1.54, 1.807) is 24.3 Å². The van der Waals surface area contributed by atoms with E-state index < -0.39 is 5.97 Å². The van der Waals surface area contributed by atoms with Crippen LogP contribution in [0.3, 0.4) is 0 Å². The van der Waals surface area contributed by atoms with Crippen LogP contribution in [0.1, 0.15) is 34.2 Å². The van der Waals surface area contributed by atoms with Gasteiger partial charge in [0.25, 0.3) is 0 Å². The first-order chi connectivity index (χ1) is 11.5. The van der Waals surface area contributed by atoms with Gasteiger partial charge < -0.3 is 15.4 Å². The molecule has 1 aromatic carbocycles. The number of nitrogens with one attached hydrogen (secondary N) is 2. The Balaban J connectivity index is 1.99. The van der Waals surface area contributed by atoms with E-state index in [1.165, 1.54) is 7.11 Å². The summed E-state index contributed by atoms with van der Waals surface area (Å²) in [6.45, 7) is 7.11. The topological polar surface area (TPSA) is 85.3 Å². The fourth-order valence-electron chi connectivity index (χ4n) is 2.48. The number of urea groups is 1. The number of hydrogen-bond acceptors (Lipinski definition) is 4. The van der Waals surface area contributed by atoms with Gasteiger partial charge in [0, 0.05) is 30.0 Å². The zero-order valence-electron chi connectivity index (χ0n) is 14.3. The lowest BCUT2D eigenvalue weighted by atomic mass is 10.2. The highest BCUT2D eigenvalue weighted by molar-refractivity contribution is 5.93. The number of anilines is 1. The number of benzene rings is 1. The second kappa shape index (κ2) is 7.63. The van der Waals surface area contributed by atoms with Crippen LogP contribution in [0.5, 0.6) is 0 Å². The minimum atomic E-state index is -0.447. The van der Waals surface area contributed by atoms with Crippen LogP contribution in [-0.4, -0.2) is 28.9 Å². The van der Waals surface area contributed by atoms with E-state index in [-0.39, 0.29) is 6.03 Å². The zero-order valence-corrected chi connectivity index (χ0v) is 14.3. The van der Waals surface area contributed by atoms with Gasteiger partial charge in [-0.3, -0.25) is 4.68 Å². The molecule has 1 heterocycles. The third-order valence-electron chi connectivity index (χ3n) is 3.80. The molecule has 0 saturated carbocycles. The van der Waals surface area contributed by atoms with Crippen molar-refractivity contribution in [1.29, 1.82) is 0 Å². The first kappa shape index (κ1) is 17.5. The number of aryl methyl sites for hydroxylation is 2. The zero-order chi connectivity index (χ0) is 17.7. The van der Waals surface area contributed by atoms with E-state index in [9.17, 15) is 9.59 Å². The van der Waals surface area contributed by atoms with E-state index in [0.717, 1.165) is 23.5 Å². The Kier molecular flexibility index (Phi) is 5.57. The Morgan fingerprint density at radius 1 is 1.29 bits per heavy atom. The number of rotatable bonds is 5. The predicted octanol–water partition coefficient (Wildman–Crippen LogP) is 2.63. The molecule has 7 nitrogen and oxygen atoms in total. The molecule has 2 N–H and O–H groups in total. The SMILES string of the molecule is CCn1nc(C)c(CNC(=O)Nc2cccc(C(=O)OC)c2)c1C. The summed E-state index contributed by atoms with van der Waals surface area (Å²) < 4.78 is 6.57. The lowest BCUT2D eigenvalue weighted by Crippen LogP contribution is -2.28. The lowest BCUT2D eigenvalue weighted by molar-refractivity contribution is 0.0600. The third kappa shape index (κ3) is 3.92. The molecule has 2 aromatic rings. The molecule has 2 rings (SSSR count). The Bertz CT molecular complexity index is 752. The number of carbonyl (C=O) groups is 2. The average molecular weight is 330 g/mol. The van der Waals surface area contributed by atoms with Gasteiger partial charge in [0.2, 0.25) is 0 Å². The van der Waals surface area contributed by atoms with E-state index in [0.29, 0.717) is 17.8 Å². The molecule has 0 saturated heterocycles. The first-order valence-corrected chi connectivity index (χ1v) is 7.72. The summed E-state index contributed by atoms with van der Waals surface area (Å²) in [4.78, 5) is 23.6. The summed E-state index contributed by atoms with van der Waals surface area (Å²) in [7, 11) is 1.32. The number of hydrogen-bond donors (Lipinski definition) is 2. The molecule has 0 bridgehead atoms. The Morgan fingerprint density at radius 2 is 2.04 bits per heavy atom. The van der Waals surface area contributed by atoms with Crippen molar-refractivity contribution in [2.75, 3.05) is 12.4 Å². The van der Waals surface area contributed by atoms with E-state index in [2.05, 4.69) is 20.5 Å². The molecule has 0 fully saturated rings. The highest BCUT2D eigenvalue weighted by Crippen LogP contribution is 2.14. The Morgan fingerprint density at radius 3 is 2.67 bits per heavy atom. The first-order valence-electron chi connectivity index (χ1n) is 7.72. The van der Waals surface area contributed by atoms with Gasteiger partial charge in [-0.2, -0.15) is 5.10 Å². The van der Waals surface area contributed by atoms with Crippen molar-refractivity contribution in [2.45, 2.75) is 33.9 Å². The summed E-state index contributed by atoms with van der Waals surface area (Å²) in [6, 6.07) is 6.23. The number of nitrogens with zero attached hydrogens (tertiary/aromatic N) is 2. The van der Waals surface area contributed by atoms with E-state index in [1.807, 2.05) is 25.5 Å². The summed E-state index contributed by atoms with van der Waals surface area (Å²) in [5, 5.41) is 9.94. The van der Waals surface area contributed by atoms with Gasteiger partial charge in [-0.15, -0.1) is 0 Å². The highest BCUT2D eigenvalue weighted by atomic mass is 16.5. The minimum Gasteiger partial charge on any atom is -0.465 e. The van der Waals surface area contributed by atoms with Gasteiger partial charge in [0.1, 0.15) is 0 Å². The molecule has 1 aromatic heterocycles. The van der Waals surface area contributed by atoms with Crippen molar-refractivity contribution >= 4 is 17.7 Å². The van der Waals surface area contributed by atoms with Crippen LogP contribution in [0, 0.1) is 13.8 Å². The molecule has 0 unspecified atom stereocenters. The van der Waals surface area contributed by atoms with Crippen LogP contribution in [-0.2, 0) is 17.8 Å². The van der Waals surface area contributed by atoms with E-state index >= 15 is 0 Å². The molecule has 0 spiro atoms. The maximum atomic E-state index is 12.1. The summed E-state index contributed by atoms with van der Waals surface area (Å²) >= 11 is 0. The second-order valence-electron chi connectivity index (χ2n) is 5.35. The molecule has 0 aliphatic carbocycles. The van der Waals surface area contributed by atoms with Crippen LogP contribution >= 0.6 is 0 Å². The standard InChI is InChI=1S/C17H22N4O3/c1-5-21-12(3)15(11(2)20-21)10-18-17(23)19-14-8-6-7-13(9-14)16(22)24-4/h6-9H,5,10H2,1-4H3,(H2,18,19,23). The molecule has 2 amide bonds. The van der Waals surface area contributed by atoms with Crippen LogP contribution in [0.25, 0.3) is 0 Å². The van der Waals surface area contributed by atoms with Gasteiger partial charge in [-0.1, -0.05) is 6.07 Å². The molecular weight excluding hydrogens is 308 g/mol. The minimum absolute atomic E-state index is 0.347. The summed E-state index contributed by atoms with van der Waals surface area (Å²) in [5.41, 5.74) is 3.86. The Labute approximate surface area is 141 Å².